The fourth-order valence-corrected chi connectivity index (χ4v) is 5.05. The third-order valence-corrected chi connectivity index (χ3v) is 6.82. The molecule has 7 nitrogen and oxygen atoms in total. The molecular weight excluding hydrogens is 428 g/mol. The Hall–Kier alpha value is -2.64. The number of aliphatic hydroxyl groups is 1. The van der Waals surface area contributed by atoms with Gasteiger partial charge in [0.25, 0.3) is 0 Å². The molecule has 0 bridgehead atoms. The van der Waals surface area contributed by atoms with Gasteiger partial charge in [-0.1, -0.05) is 19.9 Å². The molecule has 1 aliphatic heterocycles. The number of carbonyl (C=O) groups is 1. The van der Waals surface area contributed by atoms with Crippen LogP contribution in [-0.4, -0.2) is 48.4 Å². The molecule has 2 N–H and O–H groups in total. The van der Waals surface area contributed by atoms with E-state index >= 15 is 0 Å². The number of aromatic nitrogens is 1. The van der Waals surface area contributed by atoms with Crippen LogP contribution in [0.3, 0.4) is 0 Å². The Morgan fingerprint density at radius 3 is 2.74 bits per heavy atom. The summed E-state index contributed by atoms with van der Waals surface area (Å²) in [7, 11) is 0. The minimum atomic E-state index is 0.000362. The van der Waals surface area contributed by atoms with Crippen LogP contribution in [0.25, 0.3) is 0 Å². The summed E-state index contributed by atoms with van der Waals surface area (Å²) < 4.78 is 5.95. The first-order valence-corrected chi connectivity index (χ1v) is 12.8. The molecule has 0 unspecified atom stereocenters. The van der Waals surface area contributed by atoms with E-state index in [0.29, 0.717) is 13.1 Å². The van der Waals surface area contributed by atoms with E-state index in [1.165, 1.54) is 0 Å². The number of fused-ring (bicyclic) bond motifs is 2. The number of aliphatic hydroxyl groups excluding tert-OH is 1. The predicted octanol–water partition coefficient (Wildman–Crippen LogP) is 4.87. The van der Waals surface area contributed by atoms with Crippen molar-refractivity contribution in [1.29, 1.82) is 0 Å². The number of amides is 1. The number of hydrogen-bond acceptors (Lipinski definition) is 6. The quantitative estimate of drug-likeness (QED) is 0.549. The average Bonchev–Trinajstić information content (AvgIpc) is 3.03. The van der Waals surface area contributed by atoms with E-state index in [-0.39, 0.29) is 24.5 Å². The Labute approximate surface area is 203 Å². The molecule has 1 aliphatic carbocycles. The number of pyridine rings is 1. The highest BCUT2D eigenvalue weighted by Gasteiger charge is 2.33. The van der Waals surface area contributed by atoms with Gasteiger partial charge in [0.1, 0.15) is 5.82 Å². The zero-order valence-corrected chi connectivity index (χ0v) is 20.5. The molecule has 1 aromatic heterocycles. The summed E-state index contributed by atoms with van der Waals surface area (Å²) in [6.45, 7) is 7.06. The smallest absolute Gasteiger partial charge is 0.230 e. The predicted molar refractivity (Wildman–Crippen MR) is 137 cm³/mol. The number of anilines is 4. The number of ether oxygens (including phenoxy) is 1. The van der Waals surface area contributed by atoms with Gasteiger partial charge in [-0.3, -0.25) is 4.79 Å². The van der Waals surface area contributed by atoms with Gasteiger partial charge in [0.15, 0.2) is 0 Å². The zero-order valence-electron chi connectivity index (χ0n) is 20.5. The van der Waals surface area contributed by atoms with E-state index in [2.05, 4.69) is 41.2 Å². The molecule has 0 radical (unpaired) electrons. The summed E-state index contributed by atoms with van der Waals surface area (Å²) in [4.78, 5) is 22.6. The molecule has 7 heteroatoms. The summed E-state index contributed by atoms with van der Waals surface area (Å²) in [6.07, 6.45) is 7.66. The lowest BCUT2D eigenvalue weighted by Crippen LogP contribution is -2.38. The van der Waals surface area contributed by atoms with Crippen LogP contribution < -0.4 is 15.1 Å². The van der Waals surface area contributed by atoms with Crippen molar-refractivity contribution in [2.75, 3.05) is 41.4 Å². The third kappa shape index (κ3) is 5.53. The van der Waals surface area contributed by atoms with Crippen LogP contribution in [0.15, 0.2) is 36.5 Å². The largest absolute Gasteiger partial charge is 0.395 e. The molecule has 1 fully saturated rings. The average molecular weight is 467 g/mol. The van der Waals surface area contributed by atoms with Crippen LogP contribution in [0.4, 0.5) is 22.9 Å². The number of carbonyl (C=O) groups excluding carboxylic acids is 1. The second-order valence-corrected chi connectivity index (χ2v) is 9.32. The van der Waals surface area contributed by atoms with Gasteiger partial charge in [-0.15, -0.1) is 0 Å². The Balaban J connectivity index is 1.63. The second-order valence-electron chi connectivity index (χ2n) is 9.32. The van der Waals surface area contributed by atoms with Crippen LogP contribution in [0, 0.1) is 5.92 Å². The molecule has 34 heavy (non-hydrogen) atoms. The van der Waals surface area contributed by atoms with E-state index in [4.69, 9.17) is 4.74 Å². The van der Waals surface area contributed by atoms with E-state index in [0.717, 1.165) is 80.1 Å². The topological polar surface area (TPSA) is 77.9 Å². The standard InChI is InChI=1S/C27H38N4O3/c1-3-14-30(15-16-32)22-9-12-24-25(18-22)31(19-21-6-5-13-28-26(21)29-24)27(33)20-7-10-23(11-8-20)34-17-4-2/h5-6,9,12-13,18,20,23,32H,3-4,7-8,10-11,14-17,19H2,1-2H3,(H,28,29). The lowest BCUT2D eigenvalue weighted by atomic mass is 9.86. The minimum Gasteiger partial charge on any atom is -0.395 e. The minimum absolute atomic E-state index is 0.000362. The van der Waals surface area contributed by atoms with Crippen LogP contribution in [-0.2, 0) is 16.1 Å². The first kappa shape index (κ1) is 24.5. The van der Waals surface area contributed by atoms with Gasteiger partial charge in [0.2, 0.25) is 5.91 Å². The number of benzene rings is 1. The Bertz CT molecular complexity index is 953. The molecule has 1 aromatic carbocycles. The first-order chi connectivity index (χ1) is 16.6. The van der Waals surface area contributed by atoms with E-state index in [1.54, 1.807) is 6.20 Å². The van der Waals surface area contributed by atoms with Crippen LogP contribution in [0.2, 0.25) is 0 Å². The lowest BCUT2D eigenvalue weighted by molar-refractivity contribution is -0.124. The molecule has 4 rings (SSSR count). The summed E-state index contributed by atoms with van der Waals surface area (Å²) in [6, 6.07) is 10.1. The fourth-order valence-electron chi connectivity index (χ4n) is 5.05. The Morgan fingerprint density at radius 2 is 2.00 bits per heavy atom. The maximum absolute atomic E-state index is 13.9. The van der Waals surface area contributed by atoms with Crippen LogP contribution in [0.5, 0.6) is 0 Å². The molecule has 0 saturated heterocycles. The first-order valence-electron chi connectivity index (χ1n) is 12.8. The van der Waals surface area contributed by atoms with E-state index < -0.39 is 0 Å². The monoisotopic (exact) mass is 466 g/mol. The number of nitrogens with one attached hydrogen (secondary N) is 1. The molecule has 1 saturated carbocycles. The molecular formula is C27H38N4O3. The molecule has 2 aromatic rings. The van der Waals surface area contributed by atoms with Gasteiger partial charge < -0.3 is 25.0 Å². The molecule has 2 aliphatic rings. The molecule has 0 spiro atoms. The van der Waals surface area contributed by atoms with Crippen molar-refractivity contribution in [1.82, 2.24) is 4.98 Å². The molecule has 0 atom stereocenters. The van der Waals surface area contributed by atoms with Crippen molar-refractivity contribution in [3.8, 4) is 0 Å². The fraction of sp³-hybridized carbons (Fsp3) is 0.556. The summed E-state index contributed by atoms with van der Waals surface area (Å²) >= 11 is 0. The van der Waals surface area contributed by atoms with Gasteiger partial charge in [0.05, 0.1) is 30.6 Å². The van der Waals surface area contributed by atoms with Crippen molar-refractivity contribution < 1.29 is 14.6 Å². The van der Waals surface area contributed by atoms with Crippen molar-refractivity contribution in [2.45, 2.75) is 65.0 Å². The summed E-state index contributed by atoms with van der Waals surface area (Å²) in [5.74, 6) is 0.972. The van der Waals surface area contributed by atoms with Gasteiger partial charge in [-0.05, 0) is 62.8 Å². The zero-order chi connectivity index (χ0) is 23.9. The highest BCUT2D eigenvalue weighted by atomic mass is 16.5. The van der Waals surface area contributed by atoms with Gasteiger partial charge in [0, 0.05) is 43.1 Å². The highest BCUT2D eigenvalue weighted by Crippen LogP contribution is 2.39. The van der Waals surface area contributed by atoms with Gasteiger partial charge in [-0.25, -0.2) is 4.98 Å². The Kier molecular flexibility index (Phi) is 8.40. The Morgan fingerprint density at radius 1 is 1.18 bits per heavy atom. The number of rotatable bonds is 9. The van der Waals surface area contributed by atoms with Crippen molar-refractivity contribution >= 4 is 28.8 Å². The normalized spacial score (nSPS) is 19.6. The maximum atomic E-state index is 13.9. The molecule has 184 valence electrons. The molecule has 2 heterocycles. The SMILES string of the molecule is CCCOC1CCC(C(=O)N2Cc3cccnc3Nc3ccc(N(CCC)CCO)cc32)CC1. The van der Waals surface area contributed by atoms with Crippen LogP contribution in [0.1, 0.15) is 57.9 Å². The summed E-state index contributed by atoms with van der Waals surface area (Å²) in [5.41, 5.74) is 3.79. The third-order valence-electron chi connectivity index (χ3n) is 6.82. The van der Waals surface area contributed by atoms with Crippen molar-refractivity contribution in [3.05, 3.63) is 42.1 Å². The van der Waals surface area contributed by atoms with Crippen molar-refractivity contribution in [2.24, 2.45) is 5.92 Å². The maximum Gasteiger partial charge on any atom is 0.230 e. The number of nitrogens with zero attached hydrogens (tertiary/aromatic N) is 3. The second kappa shape index (κ2) is 11.7. The van der Waals surface area contributed by atoms with Crippen LogP contribution >= 0.6 is 0 Å². The van der Waals surface area contributed by atoms with Crippen molar-refractivity contribution in [3.63, 3.8) is 0 Å². The van der Waals surface area contributed by atoms with E-state index in [9.17, 15) is 9.90 Å². The summed E-state index contributed by atoms with van der Waals surface area (Å²) in [5, 5.41) is 13.0. The molecule has 1 amide bonds. The number of hydrogen-bond donors (Lipinski definition) is 2. The van der Waals surface area contributed by atoms with Gasteiger partial charge in [-0.2, -0.15) is 0 Å². The van der Waals surface area contributed by atoms with Gasteiger partial charge >= 0.3 is 0 Å². The van der Waals surface area contributed by atoms with E-state index in [1.807, 2.05) is 23.1 Å². The highest BCUT2D eigenvalue weighted by molar-refractivity contribution is 6.00. The lowest BCUT2D eigenvalue weighted by Gasteiger charge is -2.33.